The van der Waals surface area contributed by atoms with Gasteiger partial charge in [-0.25, -0.2) is 27.9 Å². The Morgan fingerprint density at radius 2 is 1.98 bits per heavy atom. The van der Waals surface area contributed by atoms with Gasteiger partial charge in [0.25, 0.3) is 0 Å². The quantitative estimate of drug-likeness (QED) is 0.263. The number of hydrogen-bond acceptors (Lipinski definition) is 7. The van der Waals surface area contributed by atoms with E-state index < -0.39 is 34.3 Å². The van der Waals surface area contributed by atoms with Gasteiger partial charge >= 0.3 is 5.97 Å². The van der Waals surface area contributed by atoms with Crippen molar-refractivity contribution in [2.24, 2.45) is 7.05 Å². The number of rotatable bonds is 6. The number of halogens is 3. The fourth-order valence-corrected chi connectivity index (χ4v) is 6.32. The molecule has 224 valence electrons. The van der Waals surface area contributed by atoms with Gasteiger partial charge in [-0.1, -0.05) is 0 Å². The van der Waals surface area contributed by atoms with Crippen LogP contribution in [0.1, 0.15) is 23.2 Å². The van der Waals surface area contributed by atoms with Crippen LogP contribution in [0.15, 0.2) is 35.5 Å². The lowest BCUT2D eigenvalue weighted by molar-refractivity contribution is 0.0694. The Hall–Kier alpha value is -4.65. The molecule has 6 rings (SSSR count). The predicted octanol–water partition coefficient (Wildman–Crippen LogP) is 4.52. The summed E-state index contributed by atoms with van der Waals surface area (Å²) in [6.45, 7) is 0.574. The molecule has 3 N–H and O–H groups in total. The van der Waals surface area contributed by atoms with E-state index in [4.69, 9.17) is 0 Å². The highest BCUT2D eigenvalue weighted by Crippen LogP contribution is 2.45. The SMILES string of the molecule is CNc1cc(F)c(F)c2c1[nH]c1ncc(-c3cnc4c(c3)c(=O)c(C(=O)O)cn4C)c(N3CCCC(F)(CN(C)C)C3)c12. The van der Waals surface area contributed by atoms with Gasteiger partial charge in [0.1, 0.15) is 22.5 Å². The summed E-state index contributed by atoms with van der Waals surface area (Å²) in [6.07, 6.45) is 5.08. The van der Waals surface area contributed by atoms with Crippen LogP contribution < -0.4 is 15.6 Å². The first-order chi connectivity index (χ1) is 20.4. The van der Waals surface area contributed by atoms with Crippen molar-refractivity contribution in [3.05, 3.63) is 58.1 Å². The molecule has 1 aromatic carbocycles. The van der Waals surface area contributed by atoms with E-state index in [0.29, 0.717) is 47.4 Å². The zero-order chi connectivity index (χ0) is 30.8. The number of pyridine rings is 3. The number of carbonyl (C=O) groups is 1. The lowest BCUT2D eigenvalue weighted by atomic mass is 9.92. The highest BCUT2D eigenvalue weighted by Gasteiger charge is 2.38. The number of carboxylic acid groups (broad SMARTS) is 1. The molecule has 0 saturated carbocycles. The van der Waals surface area contributed by atoms with Gasteiger partial charge in [-0.3, -0.25) is 4.79 Å². The van der Waals surface area contributed by atoms with Gasteiger partial charge < -0.3 is 29.8 Å². The first-order valence-corrected chi connectivity index (χ1v) is 13.7. The lowest BCUT2D eigenvalue weighted by Gasteiger charge is -2.41. The van der Waals surface area contributed by atoms with Gasteiger partial charge in [0.2, 0.25) is 5.43 Å². The average Bonchev–Trinajstić information content (AvgIpc) is 3.35. The van der Waals surface area contributed by atoms with Crippen LogP contribution in [0.4, 0.5) is 24.5 Å². The Labute approximate surface area is 243 Å². The van der Waals surface area contributed by atoms with Crippen LogP contribution in [0.3, 0.4) is 0 Å². The Bertz CT molecular complexity index is 2010. The fraction of sp³-hybridized carbons (Fsp3) is 0.333. The minimum absolute atomic E-state index is 0.0221. The standard InChI is InChI=1S/C30H30F3N7O3/c1-34-20-9-19(31)23(32)21-22-25(40-7-5-6-30(33,14-40)13-38(2)3)17(11-35-27(22)37-24(20)21)15-8-16-26(41)18(29(42)43)12-39(4)28(16)36-10-15/h8-12,34H,5-7,13-14H2,1-4H3,(H,35,37)(H,42,43). The summed E-state index contributed by atoms with van der Waals surface area (Å²) in [6, 6.07) is 2.57. The number of hydrogen-bond donors (Lipinski definition) is 3. The third kappa shape index (κ3) is 4.63. The second-order valence-electron chi connectivity index (χ2n) is 11.4. The maximum atomic E-state index is 16.3. The lowest BCUT2D eigenvalue weighted by Crippen LogP contribution is -2.50. The molecule has 10 nitrogen and oxygen atoms in total. The Kier molecular flexibility index (Phi) is 6.79. The summed E-state index contributed by atoms with van der Waals surface area (Å²) in [4.78, 5) is 40.6. The molecule has 1 atom stereocenters. The van der Waals surface area contributed by atoms with Crippen molar-refractivity contribution in [2.75, 3.05) is 51.0 Å². The number of piperidine rings is 1. The number of fused-ring (bicyclic) bond motifs is 4. The molecule has 1 unspecified atom stereocenters. The number of aromatic nitrogens is 4. The Morgan fingerprint density at radius 1 is 1.21 bits per heavy atom. The van der Waals surface area contributed by atoms with Crippen molar-refractivity contribution in [3.63, 3.8) is 0 Å². The van der Waals surface area contributed by atoms with E-state index in [0.717, 1.165) is 6.07 Å². The third-order valence-electron chi connectivity index (χ3n) is 8.03. The molecule has 0 amide bonds. The number of benzene rings is 1. The van der Waals surface area contributed by atoms with E-state index in [1.807, 2.05) is 4.90 Å². The molecule has 0 radical (unpaired) electrons. The largest absolute Gasteiger partial charge is 0.477 e. The van der Waals surface area contributed by atoms with Gasteiger partial charge in [0.05, 0.1) is 39.6 Å². The zero-order valence-electron chi connectivity index (χ0n) is 24.1. The van der Waals surface area contributed by atoms with E-state index in [2.05, 4.69) is 20.3 Å². The molecule has 1 aliphatic rings. The van der Waals surface area contributed by atoms with E-state index in [1.54, 1.807) is 33.1 Å². The molecule has 0 aliphatic carbocycles. The van der Waals surface area contributed by atoms with Crippen LogP contribution in [0, 0.1) is 11.6 Å². The van der Waals surface area contributed by atoms with E-state index >= 15 is 8.78 Å². The van der Waals surface area contributed by atoms with Gasteiger partial charge in [0, 0.05) is 63.0 Å². The number of nitrogens with one attached hydrogen (secondary N) is 2. The third-order valence-corrected chi connectivity index (χ3v) is 8.03. The highest BCUT2D eigenvalue weighted by molar-refractivity contribution is 6.18. The molecule has 1 aliphatic heterocycles. The molecule has 0 bridgehead atoms. The predicted molar refractivity (Wildman–Crippen MR) is 160 cm³/mol. The number of aromatic amines is 1. The first kappa shape index (κ1) is 28.5. The molecule has 0 spiro atoms. The molecular weight excluding hydrogens is 563 g/mol. The van der Waals surface area contributed by atoms with Crippen LogP contribution in [-0.4, -0.2) is 81.9 Å². The van der Waals surface area contributed by atoms with E-state index in [9.17, 15) is 19.1 Å². The van der Waals surface area contributed by atoms with Crippen molar-refractivity contribution in [3.8, 4) is 11.1 Å². The van der Waals surface area contributed by atoms with Crippen molar-refractivity contribution < 1.29 is 23.1 Å². The van der Waals surface area contributed by atoms with Crippen LogP contribution in [0.2, 0.25) is 0 Å². The minimum atomic E-state index is -1.59. The molecular formula is C30H30F3N7O3. The van der Waals surface area contributed by atoms with Gasteiger partial charge in [-0.2, -0.15) is 0 Å². The molecule has 5 heterocycles. The molecule has 43 heavy (non-hydrogen) atoms. The van der Waals surface area contributed by atoms with Crippen molar-refractivity contribution in [1.29, 1.82) is 0 Å². The summed E-state index contributed by atoms with van der Waals surface area (Å²) < 4.78 is 48.3. The van der Waals surface area contributed by atoms with Crippen molar-refractivity contribution in [1.82, 2.24) is 24.4 Å². The summed E-state index contributed by atoms with van der Waals surface area (Å²) in [5, 5.41) is 12.8. The molecule has 13 heteroatoms. The number of carboxylic acids is 1. The van der Waals surface area contributed by atoms with E-state index in [1.165, 1.54) is 29.2 Å². The zero-order valence-corrected chi connectivity index (χ0v) is 24.1. The summed E-state index contributed by atoms with van der Waals surface area (Å²) in [5.74, 6) is -3.51. The molecule has 5 aromatic rings. The monoisotopic (exact) mass is 593 g/mol. The van der Waals surface area contributed by atoms with Gasteiger partial charge in [-0.05, 0) is 33.0 Å². The number of aromatic carboxylic acids is 1. The topological polar surface area (TPSA) is 119 Å². The number of nitrogens with zero attached hydrogens (tertiary/aromatic N) is 5. The number of aryl methyl sites for hydroxylation is 1. The van der Waals surface area contributed by atoms with Gasteiger partial charge in [-0.15, -0.1) is 0 Å². The second kappa shape index (κ2) is 10.3. The van der Waals surface area contributed by atoms with Crippen molar-refractivity contribution in [2.45, 2.75) is 18.5 Å². The smallest absolute Gasteiger partial charge is 0.341 e. The Balaban J connectivity index is 1.69. The summed E-state index contributed by atoms with van der Waals surface area (Å²) in [7, 11) is 6.76. The van der Waals surface area contributed by atoms with Crippen LogP contribution in [0.5, 0.6) is 0 Å². The van der Waals surface area contributed by atoms with Crippen molar-refractivity contribution >= 4 is 50.3 Å². The van der Waals surface area contributed by atoms with E-state index in [-0.39, 0.29) is 40.5 Å². The molecule has 4 aromatic heterocycles. The Morgan fingerprint density at radius 3 is 2.67 bits per heavy atom. The summed E-state index contributed by atoms with van der Waals surface area (Å²) >= 11 is 0. The van der Waals surface area contributed by atoms with Crippen LogP contribution in [0.25, 0.3) is 44.1 Å². The average molecular weight is 594 g/mol. The molecule has 1 saturated heterocycles. The van der Waals surface area contributed by atoms with Gasteiger partial charge in [0.15, 0.2) is 11.6 Å². The fourth-order valence-electron chi connectivity index (χ4n) is 6.32. The summed E-state index contributed by atoms with van der Waals surface area (Å²) in [5.41, 5.74) is -0.346. The first-order valence-electron chi connectivity index (χ1n) is 13.7. The minimum Gasteiger partial charge on any atom is -0.477 e. The normalized spacial score (nSPS) is 17.4. The number of alkyl halides is 1. The van der Waals surface area contributed by atoms with Crippen LogP contribution in [-0.2, 0) is 7.05 Å². The molecule has 1 fully saturated rings. The number of H-pyrrole nitrogens is 1. The number of anilines is 2. The maximum Gasteiger partial charge on any atom is 0.341 e. The van der Waals surface area contributed by atoms with Crippen LogP contribution >= 0.6 is 0 Å². The maximum absolute atomic E-state index is 16.3. The highest BCUT2D eigenvalue weighted by atomic mass is 19.2. The second-order valence-corrected chi connectivity index (χ2v) is 11.4.